The first-order valence-corrected chi connectivity index (χ1v) is 20.3. The summed E-state index contributed by atoms with van der Waals surface area (Å²) >= 11 is 0. The third-order valence-electron chi connectivity index (χ3n) is 12.6. The van der Waals surface area contributed by atoms with Crippen LogP contribution < -0.4 is 5.73 Å². The third-order valence-corrected chi connectivity index (χ3v) is 12.6. The van der Waals surface area contributed by atoms with Crippen LogP contribution in [0.3, 0.4) is 0 Å². The summed E-state index contributed by atoms with van der Waals surface area (Å²) in [7, 11) is 0. The molecule has 1 aliphatic rings. The van der Waals surface area contributed by atoms with E-state index in [1.807, 2.05) is 0 Å². The van der Waals surface area contributed by atoms with Crippen LogP contribution in [0.2, 0.25) is 0 Å². The molecule has 276 valence electrons. The van der Waals surface area contributed by atoms with Crippen LogP contribution in [0.15, 0.2) is 200 Å². The van der Waals surface area contributed by atoms with Crippen molar-refractivity contribution in [1.29, 1.82) is 0 Å². The Labute approximate surface area is 339 Å². The molecule has 0 bridgehead atoms. The quantitative estimate of drug-likeness (QED) is 0.169. The van der Waals surface area contributed by atoms with Gasteiger partial charge < -0.3 is 10.3 Å². The summed E-state index contributed by atoms with van der Waals surface area (Å²) in [5.41, 5.74) is 22.3. The summed E-state index contributed by atoms with van der Waals surface area (Å²) in [5.74, 6) is 0.0513. The average Bonchev–Trinajstić information content (AvgIpc) is 3.73. The second-order valence-electron chi connectivity index (χ2n) is 16.3. The Bertz CT molecular complexity index is 3200. The Morgan fingerprint density at radius 1 is 0.500 bits per heavy atom. The van der Waals surface area contributed by atoms with E-state index in [1.54, 1.807) is 0 Å². The Kier molecular flexibility index (Phi) is 7.78. The molecular weight excluding hydrogens is 701 g/mol. The van der Waals surface area contributed by atoms with E-state index in [-0.39, 0.29) is 11.3 Å². The molecule has 1 aliphatic carbocycles. The van der Waals surface area contributed by atoms with Gasteiger partial charge in [0.25, 0.3) is 0 Å². The lowest BCUT2D eigenvalue weighted by Gasteiger charge is -2.24. The first-order chi connectivity index (χ1) is 28.5. The van der Waals surface area contributed by atoms with Gasteiger partial charge in [-0.1, -0.05) is 172 Å². The Balaban J connectivity index is 1.02. The molecule has 0 radical (unpaired) electrons. The van der Waals surface area contributed by atoms with E-state index in [4.69, 9.17) is 5.73 Å². The average molecular weight is 743 g/mol. The fourth-order valence-corrected chi connectivity index (χ4v) is 9.88. The van der Waals surface area contributed by atoms with Gasteiger partial charge in [0.05, 0.1) is 11.0 Å². The maximum atomic E-state index is 6.91. The molecule has 1 aromatic heterocycles. The smallest absolute Gasteiger partial charge is 0.0547 e. The number of hydrogen-bond donors (Lipinski definition) is 1. The van der Waals surface area contributed by atoms with Crippen molar-refractivity contribution < 1.29 is 0 Å². The molecule has 0 amide bonds. The highest BCUT2D eigenvalue weighted by Crippen LogP contribution is 2.56. The lowest BCUT2D eigenvalue weighted by molar-refractivity contribution is 0.667. The topological polar surface area (TPSA) is 30.9 Å². The maximum absolute atomic E-state index is 6.91. The molecule has 0 aliphatic heterocycles. The van der Waals surface area contributed by atoms with E-state index < -0.39 is 0 Å². The van der Waals surface area contributed by atoms with Crippen molar-refractivity contribution in [3.05, 3.63) is 228 Å². The molecule has 1 heterocycles. The largest absolute Gasteiger partial charge is 0.398 e. The highest BCUT2D eigenvalue weighted by atomic mass is 15.0. The molecule has 0 atom stereocenters. The summed E-state index contributed by atoms with van der Waals surface area (Å²) in [4.78, 5) is 0. The molecule has 2 nitrogen and oxygen atoms in total. The van der Waals surface area contributed by atoms with E-state index in [1.165, 1.54) is 76.7 Å². The maximum Gasteiger partial charge on any atom is 0.0547 e. The second kappa shape index (κ2) is 13.2. The summed E-state index contributed by atoms with van der Waals surface area (Å²) < 4.78 is 2.45. The molecule has 0 unspecified atom stereocenters. The van der Waals surface area contributed by atoms with Gasteiger partial charge >= 0.3 is 0 Å². The lowest BCUT2D eigenvalue weighted by atomic mass is 9.79. The van der Waals surface area contributed by atoms with Gasteiger partial charge in [0.2, 0.25) is 0 Å². The van der Waals surface area contributed by atoms with Crippen molar-refractivity contribution in [2.45, 2.75) is 25.2 Å². The highest BCUT2D eigenvalue weighted by molar-refractivity contribution is 6.20. The molecule has 0 saturated carbocycles. The standard InChI is InChI=1S/C56H42N2/c1-56(2)50-33-48-44-24-13-14-27-52(44)58(53(48)35-49(50)54-45-25-11-9-22-42(45)43-23-10-12-26-46(43)55(54)56)41-30-28-36(29-31-41)39-20-15-21-40(32-39)51(57)34-47(37-16-5-3-6-17-37)38-18-7-4-8-19-38/h3-35,47H,57H2,1-2H3/b51-34-. The van der Waals surface area contributed by atoms with Crippen LogP contribution >= 0.6 is 0 Å². The first kappa shape index (κ1) is 34.1. The number of nitrogens with zero attached hydrogens (tertiary/aromatic N) is 1. The van der Waals surface area contributed by atoms with Gasteiger partial charge in [0.1, 0.15) is 0 Å². The fourth-order valence-electron chi connectivity index (χ4n) is 9.88. The number of benzene rings is 9. The number of para-hydroxylation sites is 1. The Morgan fingerprint density at radius 2 is 1.09 bits per heavy atom. The molecule has 0 spiro atoms. The minimum Gasteiger partial charge on any atom is -0.398 e. The normalized spacial score (nSPS) is 13.5. The minimum absolute atomic E-state index is 0.0513. The van der Waals surface area contributed by atoms with Crippen molar-refractivity contribution in [1.82, 2.24) is 4.57 Å². The molecule has 11 rings (SSSR count). The predicted octanol–water partition coefficient (Wildman–Crippen LogP) is 14.2. The first-order valence-electron chi connectivity index (χ1n) is 20.3. The predicted molar refractivity (Wildman–Crippen MR) is 246 cm³/mol. The number of nitrogens with two attached hydrogens (primary N) is 1. The van der Waals surface area contributed by atoms with Crippen LogP contribution in [-0.4, -0.2) is 4.57 Å². The van der Waals surface area contributed by atoms with Crippen LogP contribution in [-0.2, 0) is 5.41 Å². The number of fused-ring (bicyclic) bond motifs is 11. The van der Waals surface area contributed by atoms with E-state index in [9.17, 15) is 0 Å². The number of hydrogen-bond acceptors (Lipinski definition) is 1. The monoisotopic (exact) mass is 742 g/mol. The highest BCUT2D eigenvalue weighted by Gasteiger charge is 2.39. The number of aromatic nitrogens is 1. The van der Waals surface area contributed by atoms with Gasteiger partial charge in [-0.05, 0) is 114 Å². The summed E-state index contributed by atoms with van der Waals surface area (Å²) in [5, 5.41) is 7.86. The summed E-state index contributed by atoms with van der Waals surface area (Å²) in [6, 6.07) is 70.5. The van der Waals surface area contributed by atoms with Crippen LogP contribution in [0.5, 0.6) is 0 Å². The SMILES string of the molecule is CC1(C)c2cc3c4ccccc4n(-c4ccc(-c5cccc(/C(N)=C/C(c6ccccc6)c6ccccc6)c5)cc4)c3cc2-c2c1c1ccccc1c1ccccc21. The van der Waals surface area contributed by atoms with E-state index in [0.29, 0.717) is 0 Å². The van der Waals surface area contributed by atoms with Crippen LogP contribution in [0.4, 0.5) is 0 Å². The van der Waals surface area contributed by atoms with Crippen molar-refractivity contribution in [3.8, 4) is 27.9 Å². The molecule has 2 N–H and O–H groups in total. The van der Waals surface area contributed by atoms with Crippen molar-refractivity contribution >= 4 is 49.0 Å². The van der Waals surface area contributed by atoms with Gasteiger partial charge in [-0.3, -0.25) is 0 Å². The fraction of sp³-hybridized carbons (Fsp3) is 0.0714. The third kappa shape index (κ3) is 5.26. The number of rotatable bonds is 6. The zero-order chi connectivity index (χ0) is 39.0. The van der Waals surface area contributed by atoms with Crippen molar-refractivity contribution in [2.75, 3.05) is 0 Å². The van der Waals surface area contributed by atoms with Gasteiger partial charge in [-0.2, -0.15) is 0 Å². The van der Waals surface area contributed by atoms with E-state index in [0.717, 1.165) is 28.1 Å². The van der Waals surface area contributed by atoms with Crippen LogP contribution in [0.1, 0.15) is 47.6 Å². The molecular formula is C56H42N2. The summed E-state index contributed by atoms with van der Waals surface area (Å²) in [6.45, 7) is 4.82. The zero-order valence-electron chi connectivity index (χ0n) is 32.7. The molecule has 9 aromatic carbocycles. The lowest BCUT2D eigenvalue weighted by Crippen LogP contribution is -2.15. The Hall–Kier alpha value is -7.16. The summed E-state index contributed by atoms with van der Waals surface area (Å²) in [6.07, 6.45) is 2.19. The Morgan fingerprint density at radius 3 is 1.78 bits per heavy atom. The van der Waals surface area contributed by atoms with Crippen molar-refractivity contribution in [2.24, 2.45) is 5.73 Å². The van der Waals surface area contributed by atoms with Gasteiger partial charge in [-0.25, -0.2) is 0 Å². The molecule has 2 heteroatoms. The molecule has 0 fully saturated rings. The number of allylic oxidation sites excluding steroid dienone is 1. The van der Waals surface area contributed by atoms with Crippen LogP contribution in [0, 0.1) is 0 Å². The van der Waals surface area contributed by atoms with Gasteiger partial charge in [0, 0.05) is 33.5 Å². The molecule has 0 saturated heterocycles. The minimum atomic E-state index is -0.162. The molecule has 10 aromatic rings. The van der Waals surface area contributed by atoms with E-state index in [2.05, 4.69) is 219 Å². The molecule has 58 heavy (non-hydrogen) atoms. The van der Waals surface area contributed by atoms with E-state index >= 15 is 0 Å². The van der Waals surface area contributed by atoms with Crippen molar-refractivity contribution in [3.63, 3.8) is 0 Å². The van der Waals surface area contributed by atoms with Gasteiger partial charge in [0.15, 0.2) is 0 Å². The zero-order valence-corrected chi connectivity index (χ0v) is 32.7. The van der Waals surface area contributed by atoms with Crippen LogP contribution in [0.25, 0.3) is 77.0 Å². The van der Waals surface area contributed by atoms with Gasteiger partial charge in [-0.15, -0.1) is 0 Å². The second-order valence-corrected chi connectivity index (χ2v) is 16.3.